The van der Waals surface area contributed by atoms with Crippen LogP contribution >= 0.6 is 0 Å². The van der Waals surface area contributed by atoms with E-state index in [-0.39, 0.29) is 22.8 Å². The van der Waals surface area contributed by atoms with Crippen LogP contribution in [0.5, 0.6) is 0 Å². The molecule has 0 radical (unpaired) electrons. The lowest BCUT2D eigenvalue weighted by Gasteiger charge is -2.16. The van der Waals surface area contributed by atoms with E-state index in [0.29, 0.717) is 13.2 Å². The topological polar surface area (TPSA) is 95.7 Å². The number of rotatable bonds is 9. The second-order valence-electron chi connectivity index (χ2n) is 4.20. The molecule has 1 aromatic rings. The number of hydrogen-bond donors (Lipinski definition) is 0. The van der Waals surface area contributed by atoms with E-state index >= 15 is 0 Å². The first-order chi connectivity index (χ1) is 9.90. The molecule has 0 saturated heterocycles. The van der Waals surface area contributed by atoms with Crippen LogP contribution in [0.3, 0.4) is 0 Å². The van der Waals surface area contributed by atoms with Crippen molar-refractivity contribution in [2.24, 2.45) is 0 Å². The van der Waals surface area contributed by atoms with Gasteiger partial charge in [-0.05, 0) is 26.0 Å². The monoisotopic (exact) mass is 317 g/mol. The molecule has 0 bridgehead atoms. The smallest absolute Gasteiger partial charge is 0.269 e. The normalized spacial score (nSPS) is 11.8. The zero-order chi connectivity index (χ0) is 15.9. The molecule has 0 aliphatic carbocycles. The summed E-state index contributed by atoms with van der Waals surface area (Å²) < 4.78 is 34.9. The van der Waals surface area contributed by atoms with Crippen LogP contribution in [0.25, 0.3) is 0 Å². The zero-order valence-electron chi connectivity index (χ0n) is 12.0. The molecule has 1 aromatic carbocycles. The largest absolute Gasteiger partial charge is 0.353 e. The lowest BCUT2D eigenvalue weighted by Crippen LogP contribution is -2.21. The Morgan fingerprint density at radius 1 is 1.14 bits per heavy atom. The summed E-state index contributed by atoms with van der Waals surface area (Å²) in [5.41, 5.74) is -0.143. The van der Waals surface area contributed by atoms with Crippen molar-refractivity contribution in [2.75, 3.05) is 19.0 Å². The molecule has 0 aromatic heterocycles. The molecule has 0 aliphatic rings. The molecule has 1 rings (SSSR count). The third-order valence-corrected chi connectivity index (χ3v) is 4.50. The number of nitro benzene ring substituents is 1. The Kier molecular flexibility index (Phi) is 6.73. The fraction of sp³-hybridized carbons (Fsp3) is 0.538. The van der Waals surface area contributed by atoms with E-state index in [9.17, 15) is 18.5 Å². The zero-order valence-corrected chi connectivity index (χ0v) is 12.8. The highest BCUT2D eigenvalue weighted by atomic mass is 32.2. The maximum Gasteiger partial charge on any atom is 0.269 e. The molecule has 21 heavy (non-hydrogen) atoms. The van der Waals surface area contributed by atoms with Gasteiger partial charge in [0.15, 0.2) is 16.1 Å². The molecule has 118 valence electrons. The van der Waals surface area contributed by atoms with Crippen molar-refractivity contribution in [2.45, 2.75) is 31.5 Å². The average Bonchev–Trinajstić information content (AvgIpc) is 2.45. The van der Waals surface area contributed by atoms with Gasteiger partial charge in [-0.1, -0.05) is 0 Å². The minimum atomic E-state index is -3.52. The minimum absolute atomic E-state index is 0.0554. The van der Waals surface area contributed by atoms with Crippen molar-refractivity contribution in [1.82, 2.24) is 0 Å². The van der Waals surface area contributed by atoms with E-state index in [2.05, 4.69) is 0 Å². The molecular weight excluding hydrogens is 298 g/mol. The maximum absolute atomic E-state index is 12.1. The Bertz CT molecular complexity index is 549. The Labute approximate surface area is 123 Å². The van der Waals surface area contributed by atoms with Crippen LogP contribution in [-0.4, -0.2) is 38.6 Å². The van der Waals surface area contributed by atoms with Crippen LogP contribution in [0.1, 0.15) is 20.3 Å². The molecule has 0 amide bonds. The van der Waals surface area contributed by atoms with Gasteiger partial charge in [0.25, 0.3) is 5.69 Å². The molecule has 0 aliphatic heterocycles. The predicted octanol–water partition coefficient (Wildman–Crippen LogP) is 2.16. The molecular formula is C13H19NO6S. The van der Waals surface area contributed by atoms with Gasteiger partial charge in [-0.15, -0.1) is 0 Å². The quantitative estimate of drug-likeness (QED) is 0.393. The van der Waals surface area contributed by atoms with Gasteiger partial charge in [0.05, 0.1) is 15.6 Å². The molecule has 0 fully saturated rings. The first-order valence-electron chi connectivity index (χ1n) is 6.61. The third-order valence-electron chi connectivity index (χ3n) is 2.73. The second kappa shape index (κ2) is 8.06. The fourth-order valence-electron chi connectivity index (χ4n) is 1.73. The average molecular weight is 317 g/mol. The summed E-state index contributed by atoms with van der Waals surface area (Å²) in [7, 11) is -3.52. The van der Waals surface area contributed by atoms with Crippen molar-refractivity contribution >= 4 is 15.5 Å². The summed E-state index contributed by atoms with van der Waals surface area (Å²) in [5.74, 6) is -0.143. The molecule has 0 atom stereocenters. The van der Waals surface area contributed by atoms with Gasteiger partial charge >= 0.3 is 0 Å². The molecule has 8 heteroatoms. The molecule has 7 nitrogen and oxygen atoms in total. The van der Waals surface area contributed by atoms with Crippen LogP contribution in [-0.2, 0) is 19.3 Å². The van der Waals surface area contributed by atoms with E-state index in [1.807, 2.05) is 0 Å². The molecule has 0 saturated carbocycles. The van der Waals surface area contributed by atoms with Crippen LogP contribution in [0.15, 0.2) is 29.2 Å². The summed E-state index contributed by atoms with van der Waals surface area (Å²) in [6.07, 6.45) is -0.353. The Morgan fingerprint density at radius 2 is 1.67 bits per heavy atom. The van der Waals surface area contributed by atoms with Crippen molar-refractivity contribution in [1.29, 1.82) is 0 Å². The van der Waals surface area contributed by atoms with Gasteiger partial charge in [-0.3, -0.25) is 10.1 Å². The Balaban J connectivity index is 2.74. The number of nitrogens with zero attached hydrogens (tertiary/aromatic N) is 1. The number of ether oxygens (including phenoxy) is 2. The number of non-ortho nitro benzene ring substituents is 1. The van der Waals surface area contributed by atoms with Gasteiger partial charge in [-0.2, -0.15) is 0 Å². The predicted molar refractivity (Wildman–Crippen MR) is 76.8 cm³/mol. The summed E-state index contributed by atoms with van der Waals surface area (Å²) in [6, 6.07) is 4.83. The van der Waals surface area contributed by atoms with Crippen LogP contribution in [0.4, 0.5) is 5.69 Å². The number of benzene rings is 1. The van der Waals surface area contributed by atoms with Crippen LogP contribution < -0.4 is 0 Å². The van der Waals surface area contributed by atoms with E-state index in [4.69, 9.17) is 9.47 Å². The highest BCUT2D eigenvalue weighted by Gasteiger charge is 2.19. The van der Waals surface area contributed by atoms with E-state index < -0.39 is 21.1 Å². The Hall–Kier alpha value is -1.51. The summed E-state index contributed by atoms with van der Waals surface area (Å²) in [5, 5.41) is 10.5. The number of nitro groups is 1. The first-order valence-corrected chi connectivity index (χ1v) is 8.26. The van der Waals surface area contributed by atoms with Gasteiger partial charge in [0.1, 0.15) is 0 Å². The highest BCUT2D eigenvalue weighted by molar-refractivity contribution is 7.91. The molecule has 0 heterocycles. The third kappa shape index (κ3) is 5.41. The van der Waals surface area contributed by atoms with Gasteiger partial charge in [0, 0.05) is 31.8 Å². The standard InChI is InChI=1S/C13H19NO6S/c1-3-19-13(20-4-2)9-10-21(17,18)12-7-5-11(6-8-12)14(15)16/h5-8,13H,3-4,9-10H2,1-2H3. The minimum Gasteiger partial charge on any atom is -0.353 e. The van der Waals surface area contributed by atoms with Crippen LogP contribution in [0, 0.1) is 10.1 Å². The second-order valence-corrected chi connectivity index (χ2v) is 6.31. The Morgan fingerprint density at radius 3 is 2.10 bits per heavy atom. The van der Waals surface area contributed by atoms with E-state index in [1.54, 1.807) is 13.8 Å². The van der Waals surface area contributed by atoms with Crippen molar-refractivity contribution < 1.29 is 22.8 Å². The van der Waals surface area contributed by atoms with E-state index in [1.165, 1.54) is 24.3 Å². The summed E-state index contributed by atoms with van der Waals surface area (Å²) >= 11 is 0. The van der Waals surface area contributed by atoms with Crippen molar-refractivity contribution in [3.05, 3.63) is 34.4 Å². The highest BCUT2D eigenvalue weighted by Crippen LogP contribution is 2.18. The number of sulfone groups is 1. The van der Waals surface area contributed by atoms with E-state index in [0.717, 1.165) is 0 Å². The lowest BCUT2D eigenvalue weighted by molar-refractivity contribution is -0.384. The molecule has 0 unspecified atom stereocenters. The van der Waals surface area contributed by atoms with Gasteiger partial charge in [0.2, 0.25) is 0 Å². The van der Waals surface area contributed by atoms with Crippen molar-refractivity contribution in [3.63, 3.8) is 0 Å². The maximum atomic E-state index is 12.1. The molecule has 0 N–H and O–H groups in total. The van der Waals surface area contributed by atoms with Gasteiger partial charge < -0.3 is 9.47 Å². The SMILES string of the molecule is CCOC(CCS(=O)(=O)c1ccc([N+](=O)[O-])cc1)OCC. The number of hydrogen-bond acceptors (Lipinski definition) is 6. The first kappa shape index (κ1) is 17.5. The van der Waals surface area contributed by atoms with Crippen LogP contribution in [0.2, 0.25) is 0 Å². The van der Waals surface area contributed by atoms with Gasteiger partial charge in [-0.25, -0.2) is 8.42 Å². The lowest BCUT2D eigenvalue weighted by atomic mass is 10.3. The summed E-state index contributed by atoms with van der Waals surface area (Å²) in [6.45, 7) is 4.47. The van der Waals surface area contributed by atoms with Crippen molar-refractivity contribution in [3.8, 4) is 0 Å². The summed E-state index contributed by atoms with van der Waals surface area (Å²) in [4.78, 5) is 10.0. The fourth-order valence-corrected chi connectivity index (χ4v) is 3.02. The molecule has 0 spiro atoms.